The first-order chi connectivity index (χ1) is 10.5. The van der Waals surface area contributed by atoms with Gasteiger partial charge >= 0.3 is 5.97 Å². The van der Waals surface area contributed by atoms with Gasteiger partial charge in [-0.1, -0.05) is 26.7 Å². The molecular formula is C16H30O6. The third kappa shape index (κ3) is 5.83. The second kappa shape index (κ2) is 10.2. The van der Waals surface area contributed by atoms with Crippen LogP contribution in [0.2, 0.25) is 0 Å². The third-order valence-corrected chi connectivity index (χ3v) is 3.66. The van der Waals surface area contributed by atoms with Gasteiger partial charge in [-0.25, -0.2) is 0 Å². The predicted molar refractivity (Wildman–Crippen MR) is 81.4 cm³/mol. The lowest BCUT2D eigenvalue weighted by Gasteiger charge is -2.43. The number of aliphatic hydroxyl groups excluding tert-OH is 1. The first-order valence-corrected chi connectivity index (χ1v) is 8.25. The van der Waals surface area contributed by atoms with Gasteiger partial charge in [-0.05, 0) is 19.8 Å². The Balaban J connectivity index is 2.79. The van der Waals surface area contributed by atoms with E-state index < -0.39 is 24.5 Å². The maximum absolute atomic E-state index is 11.3. The van der Waals surface area contributed by atoms with Gasteiger partial charge in [0.25, 0.3) is 0 Å². The lowest BCUT2D eigenvalue weighted by Crippen LogP contribution is -2.60. The van der Waals surface area contributed by atoms with Crippen LogP contribution in [0.4, 0.5) is 0 Å². The summed E-state index contributed by atoms with van der Waals surface area (Å²) in [6, 6.07) is 0. The molecule has 1 fully saturated rings. The Morgan fingerprint density at radius 1 is 1.05 bits per heavy atom. The second-order valence-electron chi connectivity index (χ2n) is 5.68. The number of hydrogen-bond acceptors (Lipinski definition) is 6. The molecule has 0 spiro atoms. The minimum absolute atomic E-state index is 0.328. The van der Waals surface area contributed by atoms with E-state index in [2.05, 4.69) is 13.8 Å². The van der Waals surface area contributed by atoms with Gasteiger partial charge in [-0.2, -0.15) is 0 Å². The molecule has 3 unspecified atom stereocenters. The molecule has 0 aromatic heterocycles. The van der Waals surface area contributed by atoms with Gasteiger partial charge in [0.1, 0.15) is 12.2 Å². The molecule has 0 aliphatic carbocycles. The van der Waals surface area contributed by atoms with Crippen LogP contribution in [0.5, 0.6) is 0 Å². The maximum Gasteiger partial charge on any atom is 0.303 e. The van der Waals surface area contributed by atoms with Gasteiger partial charge in [-0.15, -0.1) is 0 Å². The van der Waals surface area contributed by atoms with Crippen LogP contribution in [0.25, 0.3) is 0 Å². The minimum Gasteiger partial charge on any atom is -0.454 e. The number of carbonyl (C=O) groups is 1. The smallest absolute Gasteiger partial charge is 0.303 e. The number of ether oxygens (including phenoxy) is 4. The Bertz CT molecular complexity index is 322. The zero-order chi connectivity index (χ0) is 16.5. The van der Waals surface area contributed by atoms with E-state index in [9.17, 15) is 9.90 Å². The number of aliphatic hydroxyl groups is 1. The standard InChI is InChI=1S/C16H30O6/c1-5-7-9-19-13-11(3)21-16(18)15(22-12(4)17)14(13)20-10-8-6-2/h11,13-16,18H,5-10H2,1-4H3/t11?,13-,14?,15?,16+/m0/s1. The molecule has 1 aliphatic rings. The van der Waals surface area contributed by atoms with Gasteiger partial charge in [0.2, 0.25) is 0 Å². The SMILES string of the molecule is CCCCOC1C(OC(C)=O)[C@H](O)OC(C)[C@@H]1OCCCC. The summed E-state index contributed by atoms with van der Waals surface area (Å²) in [4.78, 5) is 11.3. The number of carbonyl (C=O) groups excluding carboxylic acids is 1. The molecule has 1 aliphatic heterocycles. The summed E-state index contributed by atoms with van der Waals surface area (Å²) < 4.78 is 22.4. The fourth-order valence-corrected chi connectivity index (χ4v) is 2.46. The first kappa shape index (κ1) is 19.4. The van der Waals surface area contributed by atoms with Crippen molar-refractivity contribution in [2.75, 3.05) is 13.2 Å². The van der Waals surface area contributed by atoms with Crippen molar-refractivity contribution >= 4 is 5.97 Å². The van der Waals surface area contributed by atoms with E-state index in [0.717, 1.165) is 25.7 Å². The Morgan fingerprint density at radius 3 is 2.09 bits per heavy atom. The van der Waals surface area contributed by atoms with Crippen molar-refractivity contribution in [2.45, 2.75) is 84.1 Å². The minimum atomic E-state index is -1.20. The molecule has 1 heterocycles. The quantitative estimate of drug-likeness (QED) is 0.518. The van der Waals surface area contributed by atoms with Crippen LogP contribution in [0.1, 0.15) is 53.4 Å². The van der Waals surface area contributed by atoms with Gasteiger partial charge in [0.05, 0.1) is 6.10 Å². The Hall–Kier alpha value is -0.690. The Labute approximate surface area is 133 Å². The Kier molecular flexibility index (Phi) is 8.93. The molecule has 0 aromatic carbocycles. The highest BCUT2D eigenvalue weighted by molar-refractivity contribution is 5.66. The van der Waals surface area contributed by atoms with Crippen LogP contribution in [0.15, 0.2) is 0 Å². The fourth-order valence-electron chi connectivity index (χ4n) is 2.46. The first-order valence-electron chi connectivity index (χ1n) is 8.25. The normalized spacial score (nSPS) is 32.0. The van der Waals surface area contributed by atoms with Crippen LogP contribution in [-0.2, 0) is 23.7 Å². The largest absolute Gasteiger partial charge is 0.454 e. The van der Waals surface area contributed by atoms with E-state index >= 15 is 0 Å². The summed E-state index contributed by atoms with van der Waals surface area (Å²) in [5.41, 5.74) is 0. The van der Waals surface area contributed by atoms with Crippen LogP contribution in [0, 0.1) is 0 Å². The Morgan fingerprint density at radius 2 is 1.59 bits per heavy atom. The van der Waals surface area contributed by atoms with E-state index in [0.29, 0.717) is 13.2 Å². The zero-order valence-corrected chi connectivity index (χ0v) is 14.1. The van der Waals surface area contributed by atoms with E-state index in [1.54, 1.807) is 0 Å². The number of unbranched alkanes of at least 4 members (excludes halogenated alkanes) is 2. The summed E-state index contributed by atoms with van der Waals surface area (Å²) >= 11 is 0. The summed E-state index contributed by atoms with van der Waals surface area (Å²) in [5.74, 6) is -0.474. The van der Waals surface area contributed by atoms with Gasteiger partial charge < -0.3 is 24.1 Å². The molecule has 0 saturated carbocycles. The number of hydrogen-bond donors (Lipinski definition) is 1. The summed E-state index contributed by atoms with van der Waals surface area (Å²) in [6.07, 6.45) is 0.587. The van der Waals surface area contributed by atoms with Crippen molar-refractivity contribution in [1.29, 1.82) is 0 Å². The maximum atomic E-state index is 11.3. The second-order valence-corrected chi connectivity index (χ2v) is 5.68. The fraction of sp³-hybridized carbons (Fsp3) is 0.938. The number of rotatable bonds is 9. The molecule has 6 nitrogen and oxygen atoms in total. The molecule has 1 saturated heterocycles. The van der Waals surface area contributed by atoms with Gasteiger partial charge in [-0.3, -0.25) is 4.79 Å². The average molecular weight is 318 g/mol. The van der Waals surface area contributed by atoms with E-state index in [4.69, 9.17) is 18.9 Å². The topological polar surface area (TPSA) is 74.2 Å². The molecule has 0 amide bonds. The summed E-state index contributed by atoms with van der Waals surface area (Å²) in [5, 5.41) is 10.1. The zero-order valence-electron chi connectivity index (χ0n) is 14.1. The summed E-state index contributed by atoms with van der Waals surface area (Å²) in [7, 11) is 0. The molecular weight excluding hydrogens is 288 g/mol. The molecule has 0 aromatic rings. The van der Waals surface area contributed by atoms with Crippen LogP contribution >= 0.6 is 0 Å². The van der Waals surface area contributed by atoms with Crippen molar-refractivity contribution < 1.29 is 28.8 Å². The number of esters is 1. The van der Waals surface area contributed by atoms with Crippen molar-refractivity contribution in [3.63, 3.8) is 0 Å². The highest BCUT2D eigenvalue weighted by atomic mass is 16.7. The van der Waals surface area contributed by atoms with Crippen molar-refractivity contribution in [3.8, 4) is 0 Å². The van der Waals surface area contributed by atoms with Crippen molar-refractivity contribution in [2.24, 2.45) is 0 Å². The van der Waals surface area contributed by atoms with Crippen molar-refractivity contribution in [3.05, 3.63) is 0 Å². The third-order valence-electron chi connectivity index (χ3n) is 3.66. The molecule has 0 radical (unpaired) electrons. The molecule has 22 heavy (non-hydrogen) atoms. The van der Waals surface area contributed by atoms with E-state index in [1.165, 1.54) is 6.92 Å². The van der Waals surface area contributed by atoms with Crippen LogP contribution in [-0.4, -0.2) is 55.0 Å². The molecule has 1 rings (SSSR count). The lowest BCUT2D eigenvalue weighted by atomic mass is 9.99. The molecule has 130 valence electrons. The van der Waals surface area contributed by atoms with Crippen LogP contribution in [0.3, 0.4) is 0 Å². The highest BCUT2D eigenvalue weighted by Crippen LogP contribution is 2.27. The van der Waals surface area contributed by atoms with Gasteiger partial charge in [0, 0.05) is 20.1 Å². The molecule has 5 atom stereocenters. The van der Waals surface area contributed by atoms with Crippen LogP contribution < -0.4 is 0 Å². The molecule has 0 bridgehead atoms. The average Bonchev–Trinajstić information content (AvgIpc) is 2.45. The molecule has 6 heteroatoms. The summed E-state index contributed by atoms with van der Waals surface area (Å²) in [6.45, 7) is 8.42. The highest BCUT2D eigenvalue weighted by Gasteiger charge is 2.47. The van der Waals surface area contributed by atoms with E-state index in [-0.39, 0.29) is 12.2 Å². The predicted octanol–water partition coefficient (Wildman–Crippen LogP) is 2.03. The lowest BCUT2D eigenvalue weighted by molar-refractivity contribution is -0.297. The van der Waals surface area contributed by atoms with Gasteiger partial charge in [0.15, 0.2) is 12.4 Å². The van der Waals surface area contributed by atoms with E-state index in [1.807, 2.05) is 6.92 Å². The van der Waals surface area contributed by atoms with Crippen molar-refractivity contribution in [1.82, 2.24) is 0 Å². The monoisotopic (exact) mass is 318 g/mol. The molecule has 1 N–H and O–H groups in total.